The van der Waals surface area contributed by atoms with E-state index in [4.69, 9.17) is 9.47 Å². The van der Waals surface area contributed by atoms with E-state index < -0.39 is 49.3 Å². The first-order valence-corrected chi connectivity index (χ1v) is 9.41. The number of hydrogen-bond acceptors (Lipinski definition) is 6. The average Bonchev–Trinajstić information content (AvgIpc) is 2.73. The van der Waals surface area contributed by atoms with Gasteiger partial charge >= 0.3 is 6.36 Å². The highest BCUT2D eigenvalue weighted by Crippen LogP contribution is 2.37. The molecule has 1 aliphatic rings. The minimum absolute atomic E-state index is 0.0454. The SMILES string of the molecule is COc1ccc(Cc2cc(C3OC(CO)C(F)C(O)C3O)ccc2OC(F)(F)F)cc1. The average molecular weight is 446 g/mol. The third-order valence-corrected chi connectivity index (χ3v) is 5.04. The predicted octanol–water partition coefficient (Wildman–Crippen LogP) is 2.68. The van der Waals surface area contributed by atoms with Gasteiger partial charge < -0.3 is 29.5 Å². The van der Waals surface area contributed by atoms with Crippen molar-refractivity contribution in [2.45, 2.75) is 43.4 Å². The van der Waals surface area contributed by atoms with Gasteiger partial charge in [0.1, 0.15) is 35.9 Å². The van der Waals surface area contributed by atoms with Crippen molar-refractivity contribution in [1.82, 2.24) is 0 Å². The predicted molar refractivity (Wildman–Crippen MR) is 101 cm³/mol. The molecule has 0 spiro atoms. The molecular formula is C21H22F4O6. The van der Waals surface area contributed by atoms with Crippen molar-refractivity contribution in [3.8, 4) is 11.5 Å². The van der Waals surface area contributed by atoms with Crippen molar-refractivity contribution in [3.63, 3.8) is 0 Å². The molecule has 0 aliphatic carbocycles. The second-order valence-electron chi connectivity index (χ2n) is 7.14. The molecular weight excluding hydrogens is 424 g/mol. The van der Waals surface area contributed by atoms with E-state index in [2.05, 4.69) is 4.74 Å². The number of alkyl halides is 4. The van der Waals surface area contributed by atoms with Crippen molar-refractivity contribution in [2.75, 3.05) is 13.7 Å². The normalized spacial score (nSPS) is 26.5. The van der Waals surface area contributed by atoms with Gasteiger partial charge in [-0.3, -0.25) is 0 Å². The molecule has 5 atom stereocenters. The first-order chi connectivity index (χ1) is 14.6. The number of aliphatic hydroxyl groups excluding tert-OH is 3. The van der Waals surface area contributed by atoms with Gasteiger partial charge in [-0.2, -0.15) is 0 Å². The van der Waals surface area contributed by atoms with E-state index in [9.17, 15) is 32.9 Å². The number of hydrogen-bond donors (Lipinski definition) is 3. The van der Waals surface area contributed by atoms with Gasteiger partial charge in [0.15, 0.2) is 6.17 Å². The van der Waals surface area contributed by atoms with Gasteiger partial charge in [-0.15, -0.1) is 13.2 Å². The van der Waals surface area contributed by atoms with Crippen LogP contribution in [-0.2, 0) is 11.2 Å². The van der Waals surface area contributed by atoms with Crippen LogP contribution in [0.5, 0.6) is 11.5 Å². The second-order valence-corrected chi connectivity index (χ2v) is 7.14. The summed E-state index contributed by atoms with van der Waals surface area (Å²) < 4.78 is 67.2. The summed E-state index contributed by atoms with van der Waals surface area (Å²) in [6, 6.07) is 10.3. The fraction of sp³-hybridized carbons (Fsp3) is 0.429. The monoisotopic (exact) mass is 446 g/mol. The Kier molecular flexibility index (Phi) is 7.05. The molecule has 5 unspecified atom stereocenters. The van der Waals surface area contributed by atoms with Crippen molar-refractivity contribution in [1.29, 1.82) is 0 Å². The molecule has 170 valence electrons. The number of ether oxygens (including phenoxy) is 3. The molecule has 6 nitrogen and oxygen atoms in total. The molecule has 1 fully saturated rings. The quantitative estimate of drug-likeness (QED) is 0.592. The van der Waals surface area contributed by atoms with Gasteiger partial charge in [-0.05, 0) is 41.0 Å². The summed E-state index contributed by atoms with van der Waals surface area (Å²) >= 11 is 0. The first kappa shape index (κ1) is 23.3. The Morgan fingerprint density at radius 2 is 1.71 bits per heavy atom. The van der Waals surface area contributed by atoms with Gasteiger partial charge in [0.25, 0.3) is 0 Å². The van der Waals surface area contributed by atoms with Crippen LogP contribution in [0.2, 0.25) is 0 Å². The number of benzene rings is 2. The zero-order valence-corrected chi connectivity index (χ0v) is 16.4. The van der Waals surface area contributed by atoms with Crippen molar-refractivity contribution in [3.05, 3.63) is 59.2 Å². The topological polar surface area (TPSA) is 88.4 Å². The summed E-state index contributed by atoms with van der Waals surface area (Å²) in [5.41, 5.74) is 0.996. The van der Waals surface area contributed by atoms with Crippen LogP contribution in [0.4, 0.5) is 17.6 Å². The summed E-state index contributed by atoms with van der Waals surface area (Å²) in [5.74, 6) is 0.132. The molecule has 1 saturated heterocycles. The summed E-state index contributed by atoms with van der Waals surface area (Å²) in [7, 11) is 1.49. The summed E-state index contributed by atoms with van der Waals surface area (Å²) in [5, 5.41) is 29.5. The standard InChI is InChI=1S/C21H22F4O6/c1-29-14-5-2-11(3-6-14)8-13-9-12(4-7-15(13)31-21(23,24)25)20-19(28)18(27)17(22)16(10-26)30-20/h2-7,9,16-20,26-28H,8,10H2,1H3. The van der Waals surface area contributed by atoms with E-state index >= 15 is 0 Å². The van der Waals surface area contributed by atoms with E-state index in [1.807, 2.05) is 0 Å². The minimum Gasteiger partial charge on any atom is -0.497 e. The lowest BCUT2D eigenvalue weighted by Gasteiger charge is -2.39. The molecule has 1 heterocycles. The Bertz CT molecular complexity index is 871. The number of aliphatic hydroxyl groups is 3. The van der Waals surface area contributed by atoms with E-state index in [-0.39, 0.29) is 17.5 Å². The lowest BCUT2D eigenvalue weighted by molar-refractivity contribution is -0.274. The zero-order valence-electron chi connectivity index (χ0n) is 16.4. The maximum Gasteiger partial charge on any atom is 0.573 e. The second kappa shape index (κ2) is 9.39. The lowest BCUT2D eigenvalue weighted by atomic mass is 9.90. The van der Waals surface area contributed by atoms with Crippen LogP contribution in [0.3, 0.4) is 0 Å². The molecule has 0 aromatic heterocycles. The fourth-order valence-corrected chi connectivity index (χ4v) is 3.45. The van der Waals surface area contributed by atoms with Crippen LogP contribution in [-0.4, -0.2) is 59.9 Å². The Balaban J connectivity index is 1.95. The van der Waals surface area contributed by atoms with Crippen LogP contribution >= 0.6 is 0 Å². The minimum atomic E-state index is -4.92. The van der Waals surface area contributed by atoms with Gasteiger partial charge in [0.2, 0.25) is 0 Å². The molecule has 0 saturated carbocycles. The van der Waals surface area contributed by atoms with Crippen LogP contribution < -0.4 is 9.47 Å². The highest BCUT2D eigenvalue weighted by molar-refractivity contribution is 5.42. The maximum atomic E-state index is 14.0. The molecule has 2 aromatic rings. The Hall–Kier alpha value is -2.40. The van der Waals surface area contributed by atoms with E-state index in [0.29, 0.717) is 11.3 Å². The summed E-state index contributed by atoms with van der Waals surface area (Å²) in [6.45, 7) is -0.741. The molecule has 3 N–H and O–H groups in total. The summed E-state index contributed by atoms with van der Waals surface area (Å²) in [6.07, 6.45) is -13.0. The fourth-order valence-electron chi connectivity index (χ4n) is 3.45. The molecule has 0 amide bonds. The smallest absolute Gasteiger partial charge is 0.497 e. The third-order valence-electron chi connectivity index (χ3n) is 5.04. The molecule has 10 heteroatoms. The number of methoxy groups -OCH3 is 1. The highest BCUT2D eigenvalue weighted by atomic mass is 19.4. The van der Waals surface area contributed by atoms with Gasteiger partial charge in [0, 0.05) is 6.42 Å². The molecule has 2 aromatic carbocycles. The van der Waals surface area contributed by atoms with Gasteiger partial charge in [0.05, 0.1) is 13.7 Å². The molecule has 0 radical (unpaired) electrons. The maximum absolute atomic E-state index is 14.0. The number of rotatable bonds is 6. The van der Waals surface area contributed by atoms with Gasteiger partial charge in [-0.25, -0.2) is 4.39 Å². The van der Waals surface area contributed by atoms with Crippen LogP contribution in [0.1, 0.15) is 22.8 Å². The molecule has 0 bridgehead atoms. The van der Waals surface area contributed by atoms with Crippen molar-refractivity contribution in [2.24, 2.45) is 0 Å². The molecule has 3 rings (SSSR count). The van der Waals surface area contributed by atoms with E-state index in [0.717, 1.165) is 6.07 Å². The number of halogens is 4. The lowest BCUT2D eigenvalue weighted by Crippen LogP contribution is -2.53. The Morgan fingerprint density at radius 1 is 1.03 bits per heavy atom. The molecule has 31 heavy (non-hydrogen) atoms. The van der Waals surface area contributed by atoms with Gasteiger partial charge in [-0.1, -0.05) is 18.2 Å². The van der Waals surface area contributed by atoms with Crippen LogP contribution in [0, 0.1) is 0 Å². The van der Waals surface area contributed by atoms with Crippen LogP contribution in [0.15, 0.2) is 42.5 Å². The highest BCUT2D eigenvalue weighted by Gasteiger charge is 2.45. The van der Waals surface area contributed by atoms with Crippen molar-refractivity contribution < 1.29 is 47.1 Å². The van der Waals surface area contributed by atoms with Crippen LogP contribution in [0.25, 0.3) is 0 Å². The Labute approximate surface area is 175 Å². The third kappa shape index (κ3) is 5.45. The Morgan fingerprint density at radius 3 is 2.29 bits per heavy atom. The first-order valence-electron chi connectivity index (χ1n) is 9.41. The van der Waals surface area contributed by atoms with E-state index in [1.165, 1.54) is 19.2 Å². The molecule has 1 aliphatic heterocycles. The van der Waals surface area contributed by atoms with E-state index in [1.54, 1.807) is 24.3 Å². The largest absolute Gasteiger partial charge is 0.573 e. The summed E-state index contributed by atoms with van der Waals surface area (Å²) in [4.78, 5) is 0. The van der Waals surface area contributed by atoms with Crippen molar-refractivity contribution >= 4 is 0 Å². The zero-order chi connectivity index (χ0) is 22.8.